The van der Waals surface area contributed by atoms with Crippen LogP contribution in [0.2, 0.25) is 0 Å². The Morgan fingerprint density at radius 3 is 2.47 bits per heavy atom. The van der Waals surface area contributed by atoms with E-state index in [1.54, 1.807) is 13.8 Å². The monoisotopic (exact) mass is 225 g/mol. The number of nitrogens with one attached hydrogen (secondary N) is 1. The standard InChI is InChI=1S/C9H11N3O2S/c1-4-7(13)12(9(14)11-4)8-5(2)10-6(3)15-8/h4H,1-3H3,(H,11,14)/t4-/m0/s1. The predicted molar refractivity (Wildman–Crippen MR) is 57.1 cm³/mol. The Balaban J connectivity index is 2.43. The highest BCUT2D eigenvalue weighted by Crippen LogP contribution is 2.30. The molecule has 6 heteroatoms. The van der Waals surface area contributed by atoms with Crippen molar-refractivity contribution in [3.63, 3.8) is 0 Å². The lowest BCUT2D eigenvalue weighted by molar-refractivity contribution is -0.117. The van der Waals surface area contributed by atoms with Crippen molar-refractivity contribution in [1.29, 1.82) is 0 Å². The van der Waals surface area contributed by atoms with E-state index in [0.717, 1.165) is 10.7 Å². The molecule has 0 aliphatic carbocycles. The van der Waals surface area contributed by atoms with Gasteiger partial charge in [0.15, 0.2) is 0 Å². The van der Waals surface area contributed by atoms with E-state index in [0.29, 0.717) is 5.00 Å². The Hall–Kier alpha value is -1.43. The molecule has 1 saturated heterocycles. The maximum Gasteiger partial charge on any atom is 0.330 e. The van der Waals surface area contributed by atoms with Gasteiger partial charge in [-0.25, -0.2) is 14.7 Å². The first-order chi connectivity index (χ1) is 7.00. The van der Waals surface area contributed by atoms with Crippen LogP contribution in [0.25, 0.3) is 0 Å². The van der Waals surface area contributed by atoms with Crippen LogP contribution in [0.4, 0.5) is 9.80 Å². The number of rotatable bonds is 1. The van der Waals surface area contributed by atoms with E-state index in [1.165, 1.54) is 16.2 Å². The van der Waals surface area contributed by atoms with Crippen LogP contribution in [0, 0.1) is 13.8 Å². The van der Waals surface area contributed by atoms with E-state index in [1.807, 2.05) is 6.92 Å². The van der Waals surface area contributed by atoms with Gasteiger partial charge in [0.2, 0.25) is 0 Å². The van der Waals surface area contributed by atoms with E-state index in [9.17, 15) is 9.59 Å². The minimum absolute atomic E-state index is 0.216. The topological polar surface area (TPSA) is 62.3 Å². The van der Waals surface area contributed by atoms with E-state index in [-0.39, 0.29) is 11.9 Å². The van der Waals surface area contributed by atoms with Gasteiger partial charge in [0, 0.05) is 0 Å². The molecule has 3 amide bonds. The van der Waals surface area contributed by atoms with Crippen LogP contribution < -0.4 is 10.2 Å². The average molecular weight is 225 g/mol. The zero-order valence-corrected chi connectivity index (χ0v) is 9.51. The molecule has 2 rings (SSSR count). The smallest absolute Gasteiger partial charge is 0.326 e. The van der Waals surface area contributed by atoms with Gasteiger partial charge in [-0.15, -0.1) is 11.3 Å². The number of hydrogen-bond donors (Lipinski definition) is 1. The molecule has 0 saturated carbocycles. The second kappa shape index (κ2) is 3.30. The molecule has 1 atom stereocenters. The third-order valence-electron chi connectivity index (χ3n) is 2.22. The summed E-state index contributed by atoms with van der Waals surface area (Å²) in [5, 5.41) is 4.04. The first-order valence-electron chi connectivity index (χ1n) is 4.59. The number of thiazole rings is 1. The number of imide groups is 1. The number of aryl methyl sites for hydroxylation is 2. The second-order valence-corrected chi connectivity index (χ2v) is 4.65. The summed E-state index contributed by atoms with van der Waals surface area (Å²) < 4.78 is 0. The van der Waals surface area contributed by atoms with E-state index in [2.05, 4.69) is 10.3 Å². The van der Waals surface area contributed by atoms with Gasteiger partial charge < -0.3 is 5.32 Å². The fourth-order valence-corrected chi connectivity index (χ4v) is 2.45. The molecule has 0 aromatic carbocycles. The molecule has 1 aliphatic heterocycles. The van der Waals surface area contributed by atoms with E-state index < -0.39 is 6.04 Å². The molecule has 1 fully saturated rings. The lowest BCUT2D eigenvalue weighted by atomic mass is 10.3. The lowest BCUT2D eigenvalue weighted by Gasteiger charge is -2.09. The molecule has 1 aliphatic rings. The van der Waals surface area contributed by atoms with Gasteiger partial charge in [-0.05, 0) is 20.8 Å². The highest BCUT2D eigenvalue weighted by Gasteiger charge is 2.38. The Labute approximate surface area is 91.1 Å². The van der Waals surface area contributed by atoms with Gasteiger partial charge in [0.25, 0.3) is 5.91 Å². The van der Waals surface area contributed by atoms with Crippen LogP contribution in [0.5, 0.6) is 0 Å². The van der Waals surface area contributed by atoms with Crippen molar-refractivity contribution >= 4 is 28.3 Å². The quantitative estimate of drug-likeness (QED) is 0.730. The molecule has 1 aromatic rings. The van der Waals surface area contributed by atoms with Crippen molar-refractivity contribution in [3.8, 4) is 0 Å². The summed E-state index contributed by atoms with van der Waals surface area (Å²) in [6.45, 7) is 5.31. The number of aromatic nitrogens is 1. The third-order valence-corrected chi connectivity index (χ3v) is 3.27. The van der Waals surface area contributed by atoms with Gasteiger partial charge in [0.1, 0.15) is 11.0 Å². The van der Waals surface area contributed by atoms with Crippen molar-refractivity contribution < 1.29 is 9.59 Å². The van der Waals surface area contributed by atoms with Gasteiger partial charge in [-0.3, -0.25) is 4.79 Å². The zero-order chi connectivity index (χ0) is 11.2. The summed E-state index contributed by atoms with van der Waals surface area (Å²) in [4.78, 5) is 28.6. The van der Waals surface area contributed by atoms with Crippen LogP contribution >= 0.6 is 11.3 Å². The Kier molecular flexibility index (Phi) is 2.22. The number of carbonyl (C=O) groups is 2. The summed E-state index contributed by atoms with van der Waals surface area (Å²) in [5.41, 5.74) is 0.718. The Bertz CT molecular complexity index is 441. The Morgan fingerprint density at radius 2 is 2.07 bits per heavy atom. The summed E-state index contributed by atoms with van der Waals surface area (Å²) in [7, 11) is 0. The van der Waals surface area contributed by atoms with Gasteiger partial charge >= 0.3 is 6.03 Å². The number of anilines is 1. The second-order valence-electron chi connectivity index (χ2n) is 3.47. The van der Waals surface area contributed by atoms with Crippen LogP contribution in [-0.2, 0) is 4.79 Å². The van der Waals surface area contributed by atoms with Crippen molar-refractivity contribution in [3.05, 3.63) is 10.7 Å². The summed E-state index contributed by atoms with van der Waals surface area (Å²) in [6.07, 6.45) is 0. The van der Waals surface area contributed by atoms with E-state index >= 15 is 0 Å². The SMILES string of the molecule is Cc1nc(C)c(N2C(=O)N[C@@H](C)C2=O)s1. The first-order valence-corrected chi connectivity index (χ1v) is 5.41. The highest BCUT2D eigenvalue weighted by atomic mass is 32.1. The predicted octanol–water partition coefficient (Wildman–Crippen LogP) is 1.20. The number of hydrogen-bond acceptors (Lipinski definition) is 4. The largest absolute Gasteiger partial charge is 0.330 e. The zero-order valence-electron chi connectivity index (χ0n) is 8.70. The average Bonchev–Trinajstić information content (AvgIpc) is 2.56. The fraction of sp³-hybridized carbons (Fsp3) is 0.444. The number of urea groups is 1. The molecule has 0 radical (unpaired) electrons. The van der Waals surface area contributed by atoms with Crippen molar-refractivity contribution in [2.75, 3.05) is 4.90 Å². The maximum absolute atomic E-state index is 11.7. The number of carbonyl (C=O) groups excluding carboxylic acids is 2. The first kappa shape index (κ1) is 10.1. The van der Waals surface area contributed by atoms with Crippen molar-refractivity contribution in [2.45, 2.75) is 26.8 Å². The van der Waals surface area contributed by atoms with Gasteiger partial charge in [-0.2, -0.15) is 0 Å². The van der Waals surface area contributed by atoms with Crippen LogP contribution in [0.3, 0.4) is 0 Å². The molecule has 5 nitrogen and oxygen atoms in total. The molecule has 2 heterocycles. The van der Waals surface area contributed by atoms with Crippen LogP contribution in [-0.4, -0.2) is 23.0 Å². The molecule has 0 spiro atoms. The van der Waals surface area contributed by atoms with Crippen LogP contribution in [0.15, 0.2) is 0 Å². The molecular formula is C9H11N3O2S. The number of nitrogens with zero attached hydrogens (tertiary/aromatic N) is 2. The minimum atomic E-state index is -0.445. The fourth-order valence-electron chi connectivity index (χ4n) is 1.53. The summed E-state index contributed by atoms with van der Waals surface area (Å²) in [5.74, 6) is -0.216. The van der Waals surface area contributed by atoms with Gasteiger partial charge in [-0.1, -0.05) is 0 Å². The summed E-state index contributed by atoms with van der Waals surface area (Å²) >= 11 is 1.35. The molecule has 0 bridgehead atoms. The van der Waals surface area contributed by atoms with Crippen molar-refractivity contribution in [1.82, 2.24) is 10.3 Å². The summed E-state index contributed by atoms with van der Waals surface area (Å²) in [6, 6.07) is -0.807. The molecular weight excluding hydrogens is 214 g/mol. The van der Waals surface area contributed by atoms with Crippen LogP contribution in [0.1, 0.15) is 17.6 Å². The maximum atomic E-state index is 11.7. The van der Waals surface area contributed by atoms with Crippen molar-refractivity contribution in [2.24, 2.45) is 0 Å². The molecule has 1 N–H and O–H groups in total. The lowest BCUT2D eigenvalue weighted by Crippen LogP contribution is -2.30. The Morgan fingerprint density at radius 1 is 1.40 bits per heavy atom. The minimum Gasteiger partial charge on any atom is -0.326 e. The normalized spacial score (nSPS) is 21.0. The van der Waals surface area contributed by atoms with E-state index in [4.69, 9.17) is 0 Å². The molecule has 15 heavy (non-hydrogen) atoms. The molecule has 1 aromatic heterocycles. The molecule has 0 unspecified atom stereocenters. The third kappa shape index (κ3) is 1.50. The number of amides is 3. The van der Waals surface area contributed by atoms with Gasteiger partial charge in [0.05, 0.1) is 10.7 Å². The molecule has 80 valence electrons. The highest BCUT2D eigenvalue weighted by molar-refractivity contribution is 7.16.